The van der Waals surface area contributed by atoms with E-state index in [0.29, 0.717) is 13.0 Å². The van der Waals surface area contributed by atoms with Crippen LogP contribution in [0.15, 0.2) is 54.7 Å². The number of rotatable bonds is 6. The molecule has 0 radical (unpaired) electrons. The van der Waals surface area contributed by atoms with Gasteiger partial charge in [0.2, 0.25) is 0 Å². The Kier molecular flexibility index (Phi) is 4.70. The first-order chi connectivity index (χ1) is 11.6. The Morgan fingerprint density at radius 2 is 2.04 bits per heavy atom. The fourth-order valence-electron chi connectivity index (χ4n) is 2.76. The normalized spacial score (nSPS) is 12.0. The van der Waals surface area contributed by atoms with Gasteiger partial charge < -0.3 is 20.1 Å². The van der Waals surface area contributed by atoms with E-state index in [2.05, 4.69) is 10.3 Å². The van der Waals surface area contributed by atoms with Crippen LogP contribution in [0.25, 0.3) is 10.9 Å². The molecule has 1 atom stereocenters. The summed E-state index contributed by atoms with van der Waals surface area (Å²) in [5.41, 5.74) is 3.19. The van der Waals surface area contributed by atoms with Crippen molar-refractivity contribution in [3.8, 4) is 5.75 Å². The predicted octanol–water partition coefficient (Wildman–Crippen LogP) is 3.95. The van der Waals surface area contributed by atoms with E-state index >= 15 is 0 Å². The molecule has 0 aliphatic rings. The van der Waals surface area contributed by atoms with Crippen molar-refractivity contribution in [1.82, 2.24) is 10.3 Å². The summed E-state index contributed by atoms with van der Waals surface area (Å²) in [6.07, 6.45) is 1.56. The van der Waals surface area contributed by atoms with Gasteiger partial charge in [-0.1, -0.05) is 30.3 Å². The van der Waals surface area contributed by atoms with Crippen molar-refractivity contribution in [2.75, 3.05) is 0 Å². The predicted molar refractivity (Wildman–Crippen MR) is 93.4 cm³/mol. The van der Waals surface area contributed by atoms with Crippen LogP contribution >= 0.6 is 0 Å². The van der Waals surface area contributed by atoms with E-state index in [4.69, 9.17) is 9.84 Å². The lowest BCUT2D eigenvalue weighted by Gasteiger charge is -2.10. The molecule has 0 aliphatic heterocycles. The van der Waals surface area contributed by atoms with Crippen LogP contribution in [0.1, 0.15) is 18.1 Å². The second-order valence-corrected chi connectivity index (χ2v) is 5.85. The van der Waals surface area contributed by atoms with E-state index in [1.807, 2.05) is 61.7 Å². The number of carboxylic acid groups (broad SMARTS) is 1. The van der Waals surface area contributed by atoms with Gasteiger partial charge in [0.25, 0.3) is 0 Å². The molecule has 124 valence electrons. The third-order valence-electron chi connectivity index (χ3n) is 3.88. The van der Waals surface area contributed by atoms with Gasteiger partial charge in [-0.25, -0.2) is 4.79 Å². The molecule has 1 amide bonds. The van der Waals surface area contributed by atoms with Crippen LogP contribution in [0.3, 0.4) is 0 Å². The summed E-state index contributed by atoms with van der Waals surface area (Å²) in [5, 5.41) is 12.3. The van der Waals surface area contributed by atoms with E-state index in [1.165, 1.54) is 0 Å². The Bertz CT molecular complexity index is 827. The summed E-state index contributed by atoms with van der Waals surface area (Å²) >= 11 is 0. The minimum absolute atomic E-state index is 0.143. The molecule has 1 heterocycles. The van der Waals surface area contributed by atoms with Gasteiger partial charge >= 0.3 is 6.09 Å². The molecule has 3 aromatic rings. The quantitative estimate of drug-likeness (QED) is 0.643. The van der Waals surface area contributed by atoms with Crippen LogP contribution < -0.4 is 10.1 Å². The lowest BCUT2D eigenvalue weighted by molar-refractivity contribution is 0.190. The first-order valence-electron chi connectivity index (χ1n) is 7.88. The number of hydrogen-bond donors (Lipinski definition) is 3. The van der Waals surface area contributed by atoms with Gasteiger partial charge in [0.1, 0.15) is 12.4 Å². The van der Waals surface area contributed by atoms with Gasteiger partial charge in [-0.2, -0.15) is 0 Å². The summed E-state index contributed by atoms with van der Waals surface area (Å²) in [5.74, 6) is 0.802. The summed E-state index contributed by atoms with van der Waals surface area (Å²) in [6.45, 7) is 2.38. The van der Waals surface area contributed by atoms with E-state index in [-0.39, 0.29) is 6.04 Å². The topological polar surface area (TPSA) is 74.3 Å². The number of carbonyl (C=O) groups is 1. The molecule has 5 nitrogen and oxygen atoms in total. The van der Waals surface area contributed by atoms with Crippen LogP contribution in [0, 0.1) is 0 Å². The standard InChI is InChI=1S/C19H20N2O3/c1-13(21-19(22)23)9-15-11-20-18-10-16(7-8-17(15)18)24-12-14-5-3-2-4-6-14/h2-8,10-11,13,20-21H,9,12H2,1H3,(H,22,23)/t13-/m1/s1. The molecular formula is C19H20N2O3. The highest BCUT2D eigenvalue weighted by molar-refractivity contribution is 5.84. The first-order valence-corrected chi connectivity index (χ1v) is 7.88. The number of hydrogen-bond acceptors (Lipinski definition) is 2. The van der Waals surface area contributed by atoms with Gasteiger partial charge in [-0.15, -0.1) is 0 Å². The fourth-order valence-corrected chi connectivity index (χ4v) is 2.76. The number of ether oxygens (including phenoxy) is 1. The zero-order valence-electron chi connectivity index (χ0n) is 13.5. The van der Waals surface area contributed by atoms with E-state index in [0.717, 1.165) is 27.8 Å². The number of nitrogens with one attached hydrogen (secondary N) is 2. The molecule has 24 heavy (non-hydrogen) atoms. The lowest BCUT2D eigenvalue weighted by Crippen LogP contribution is -2.32. The Balaban J connectivity index is 1.70. The average Bonchev–Trinajstić information content (AvgIpc) is 2.95. The molecule has 5 heteroatoms. The number of benzene rings is 2. The Morgan fingerprint density at radius 3 is 2.79 bits per heavy atom. The molecule has 0 bridgehead atoms. The number of aromatic amines is 1. The highest BCUT2D eigenvalue weighted by atomic mass is 16.5. The Morgan fingerprint density at radius 1 is 1.25 bits per heavy atom. The maximum absolute atomic E-state index is 10.7. The molecule has 0 spiro atoms. The van der Waals surface area contributed by atoms with Crippen molar-refractivity contribution in [1.29, 1.82) is 0 Å². The molecule has 0 fully saturated rings. The molecule has 3 rings (SSSR count). The Hall–Kier alpha value is -2.95. The van der Waals surface area contributed by atoms with E-state index in [1.54, 1.807) is 0 Å². The molecule has 0 saturated heterocycles. The molecule has 1 aromatic heterocycles. The van der Waals surface area contributed by atoms with Crippen LogP contribution in [0.5, 0.6) is 5.75 Å². The average molecular weight is 324 g/mol. The van der Waals surface area contributed by atoms with Crippen LogP contribution in [0.4, 0.5) is 4.79 Å². The van der Waals surface area contributed by atoms with Crippen molar-refractivity contribution in [2.24, 2.45) is 0 Å². The summed E-state index contributed by atoms with van der Waals surface area (Å²) < 4.78 is 5.83. The van der Waals surface area contributed by atoms with E-state index < -0.39 is 6.09 Å². The number of amides is 1. The summed E-state index contributed by atoms with van der Waals surface area (Å²) in [4.78, 5) is 13.9. The maximum atomic E-state index is 10.7. The monoisotopic (exact) mass is 324 g/mol. The van der Waals surface area contributed by atoms with Gasteiger partial charge in [0, 0.05) is 29.2 Å². The van der Waals surface area contributed by atoms with Crippen LogP contribution in [-0.4, -0.2) is 22.2 Å². The largest absolute Gasteiger partial charge is 0.489 e. The van der Waals surface area contributed by atoms with Crippen molar-refractivity contribution >= 4 is 17.0 Å². The van der Waals surface area contributed by atoms with Crippen LogP contribution in [-0.2, 0) is 13.0 Å². The molecule has 0 saturated carbocycles. The van der Waals surface area contributed by atoms with Gasteiger partial charge in [0.15, 0.2) is 0 Å². The third-order valence-corrected chi connectivity index (χ3v) is 3.88. The SMILES string of the molecule is C[C@H](Cc1c[nH]c2cc(OCc3ccccc3)ccc12)NC(=O)O. The minimum Gasteiger partial charge on any atom is -0.489 e. The van der Waals surface area contributed by atoms with Crippen molar-refractivity contribution in [2.45, 2.75) is 26.0 Å². The van der Waals surface area contributed by atoms with Crippen LogP contribution in [0.2, 0.25) is 0 Å². The molecule has 0 aliphatic carbocycles. The van der Waals surface area contributed by atoms with Gasteiger partial charge in [-0.3, -0.25) is 0 Å². The second kappa shape index (κ2) is 7.08. The van der Waals surface area contributed by atoms with Crippen molar-refractivity contribution < 1.29 is 14.6 Å². The molecule has 3 N–H and O–H groups in total. The fraction of sp³-hybridized carbons (Fsp3) is 0.211. The summed E-state index contributed by atoms with van der Waals surface area (Å²) in [7, 11) is 0. The van der Waals surface area contributed by atoms with Gasteiger partial charge in [-0.05, 0) is 36.6 Å². The van der Waals surface area contributed by atoms with Crippen molar-refractivity contribution in [3.05, 3.63) is 65.9 Å². The number of aromatic nitrogens is 1. The zero-order valence-corrected chi connectivity index (χ0v) is 13.5. The van der Waals surface area contributed by atoms with Crippen molar-refractivity contribution in [3.63, 3.8) is 0 Å². The number of fused-ring (bicyclic) bond motifs is 1. The van der Waals surface area contributed by atoms with Gasteiger partial charge in [0.05, 0.1) is 0 Å². The highest BCUT2D eigenvalue weighted by Gasteiger charge is 2.11. The molecular weight excluding hydrogens is 304 g/mol. The number of H-pyrrole nitrogens is 1. The summed E-state index contributed by atoms with van der Waals surface area (Å²) in [6, 6.07) is 15.8. The smallest absolute Gasteiger partial charge is 0.404 e. The second-order valence-electron chi connectivity index (χ2n) is 5.85. The maximum Gasteiger partial charge on any atom is 0.404 e. The molecule has 2 aromatic carbocycles. The minimum atomic E-state index is -1.00. The lowest BCUT2D eigenvalue weighted by atomic mass is 10.1. The zero-order chi connectivity index (χ0) is 16.9. The molecule has 0 unspecified atom stereocenters. The van der Waals surface area contributed by atoms with E-state index in [9.17, 15) is 4.79 Å². The highest BCUT2D eigenvalue weighted by Crippen LogP contribution is 2.25. The third kappa shape index (κ3) is 3.87. The Labute approximate surface area is 140 Å². The first kappa shape index (κ1) is 15.9.